The van der Waals surface area contributed by atoms with Crippen LogP contribution < -0.4 is 5.32 Å². The maximum atomic E-state index is 13.6. The van der Waals surface area contributed by atoms with Gasteiger partial charge < -0.3 is 29.2 Å². The summed E-state index contributed by atoms with van der Waals surface area (Å²) in [5, 5.41) is 3.71. The van der Waals surface area contributed by atoms with Crippen LogP contribution in [-0.4, -0.2) is 63.8 Å². The average Bonchev–Trinajstić information content (AvgIpc) is 3.35. The maximum absolute atomic E-state index is 13.6. The predicted molar refractivity (Wildman–Crippen MR) is 150 cm³/mol. The van der Waals surface area contributed by atoms with Crippen molar-refractivity contribution in [1.29, 1.82) is 0 Å². The highest BCUT2D eigenvalue weighted by atomic mass is 16.6. The quantitative estimate of drug-likeness (QED) is 0.489. The van der Waals surface area contributed by atoms with Crippen molar-refractivity contribution in [3.8, 4) is 0 Å². The number of alkyl carbamates (subject to hydrolysis) is 1. The Labute approximate surface area is 231 Å². The summed E-state index contributed by atoms with van der Waals surface area (Å²) in [6.07, 6.45) is 4.94. The van der Waals surface area contributed by atoms with Crippen molar-refractivity contribution in [2.75, 3.05) is 19.8 Å². The first-order chi connectivity index (χ1) is 18.4. The van der Waals surface area contributed by atoms with Crippen molar-refractivity contribution in [2.24, 2.45) is 24.8 Å². The molecule has 0 spiro atoms. The van der Waals surface area contributed by atoms with Gasteiger partial charge in [0, 0.05) is 60.6 Å². The zero-order valence-electron chi connectivity index (χ0n) is 24.2. The number of hydrogen-bond donors (Lipinski definition) is 1. The molecule has 0 saturated heterocycles. The molecule has 2 aliphatic rings. The second-order valence-electron chi connectivity index (χ2n) is 12.0. The number of carbonyl (C=O) groups excluding carboxylic acids is 3. The molecule has 9 nitrogen and oxygen atoms in total. The number of benzene rings is 1. The highest BCUT2D eigenvalue weighted by Crippen LogP contribution is 2.34. The summed E-state index contributed by atoms with van der Waals surface area (Å²) in [4.78, 5) is 42.6. The van der Waals surface area contributed by atoms with Gasteiger partial charge in [0.2, 0.25) is 0 Å². The number of aromatic nitrogens is 1. The van der Waals surface area contributed by atoms with E-state index in [9.17, 15) is 14.4 Å². The fraction of sp³-hybridized carbons (Fsp3) is 0.567. The Morgan fingerprint density at radius 3 is 2.51 bits per heavy atom. The van der Waals surface area contributed by atoms with Gasteiger partial charge in [0.25, 0.3) is 0 Å². The normalized spacial score (nSPS) is 19.9. The molecule has 0 fully saturated rings. The Balaban J connectivity index is 1.31. The van der Waals surface area contributed by atoms with Crippen molar-refractivity contribution in [3.63, 3.8) is 0 Å². The lowest BCUT2D eigenvalue weighted by molar-refractivity contribution is -0.154. The molecule has 212 valence electrons. The lowest BCUT2D eigenvalue weighted by atomic mass is 9.84. The molecule has 3 unspecified atom stereocenters. The number of esters is 1. The SMILES string of the molecule is CC(C)C(CNC(=O)OC(C)(C)C)C(=O)OCN1C=CN(CC2CCc3c(c4ccccc4n3C)C2=O)C1C. The molecular weight excluding hydrogens is 496 g/mol. The highest BCUT2D eigenvalue weighted by Gasteiger charge is 2.35. The Hall–Kier alpha value is -3.49. The number of carbonyl (C=O) groups is 3. The number of nitrogens with zero attached hydrogens (tertiary/aromatic N) is 3. The number of hydrogen-bond acceptors (Lipinski definition) is 7. The van der Waals surface area contributed by atoms with Crippen molar-refractivity contribution >= 4 is 28.7 Å². The number of ether oxygens (including phenoxy) is 2. The molecule has 2 aromatic rings. The van der Waals surface area contributed by atoms with Gasteiger partial charge >= 0.3 is 12.1 Å². The van der Waals surface area contributed by atoms with Crippen LogP contribution in [0.25, 0.3) is 10.9 Å². The van der Waals surface area contributed by atoms with Crippen molar-refractivity contribution in [2.45, 2.75) is 66.2 Å². The van der Waals surface area contributed by atoms with Crippen LogP contribution in [0.1, 0.15) is 64.0 Å². The van der Waals surface area contributed by atoms with Gasteiger partial charge in [-0.2, -0.15) is 0 Å². The minimum Gasteiger partial charge on any atom is -0.444 e. The molecule has 4 rings (SSSR count). The molecule has 0 radical (unpaired) electrons. The van der Waals surface area contributed by atoms with Crippen LogP contribution in [0.3, 0.4) is 0 Å². The van der Waals surface area contributed by atoms with Gasteiger partial charge in [0.1, 0.15) is 11.8 Å². The fourth-order valence-corrected chi connectivity index (χ4v) is 5.41. The third-order valence-corrected chi connectivity index (χ3v) is 7.74. The van der Waals surface area contributed by atoms with E-state index in [1.54, 1.807) is 20.8 Å². The number of rotatable bonds is 8. The summed E-state index contributed by atoms with van der Waals surface area (Å²) in [5.41, 5.74) is 2.48. The maximum Gasteiger partial charge on any atom is 0.407 e. The molecule has 0 bridgehead atoms. The summed E-state index contributed by atoms with van der Waals surface area (Å²) < 4.78 is 13.1. The van der Waals surface area contributed by atoms with Crippen LogP contribution in [0, 0.1) is 17.8 Å². The number of ketones is 1. The minimum atomic E-state index is -0.610. The third-order valence-electron chi connectivity index (χ3n) is 7.74. The molecule has 1 amide bonds. The second kappa shape index (κ2) is 11.3. The molecule has 1 aromatic heterocycles. The number of nitrogens with one attached hydrogen (secondary N) is 1. The predicted octanol–water partition coefficient (Wildman–Crippen LogP) is 4.66. The van der Waals surface area contributed by atoms with E-state index in [2.05, 4.69) is 20.9 Å². The molecular formula is C30H42N4O5. The standard InChI is InChI=1S/C30H42N4O5/c1-19(2)23(16-31-29(37)39-30(4,5)6)28(36)38-18-34-15-14-33(20(34)3)17-21-12-13-25-26(27(21)35)22-10-8-9-11-24(22)32(25)7/h8-11,14-15,19-21,23H,12-13,16-18H2,1-7H3,(H,31,37). The van der Waals surface area contributed by atoms with Crippen molar-refractivity contribution in [3.05, 3.63) is 47.9 Å². The van der Waals surface area contributed by atoms with E-state index < -0.39 is 17.6 Å². The molecule has 1 aliphatic carbocycles. The number of amides is 1. The summed E-state index contributed by atoms with van der Waals surface area (Å²) in [5.74, 6) is -0.777. The van der Waals surface area contributed by atoms with Crippen LogP contribution >= 0.6 is 0 Å². The fourth-order valence-electron chi connectivity index (χ4n) is 5.41. The van der Waals surface area contributed by atoms with E-state index in [1.165, 1.54) is 0 Å². The number of aryl methyl sites for hydroxylation is 1. The van der Waals surface area contributed by atoms with Crippen molar-refractivity contribution < 1.29 is 23.9 Å². The first-order valence-electron chi connectivity index (χ1n) is 13.8. The van der Waals surface area contributed by atoms with E-state index >= 15 is 0 Å². The van der Waals surface area contributed by atoms with E-state index in [4.69, 9.17) is 9.47 Å². The highest BCUT2D eigenvalue weighted by molar-refractivity contribution is 6.11. The zero-order valence-corrected chi connectivity index (χ0v) is 24.2. The zero-order chi connectivity index (χ0) is 28.5. The van der Waals surface area contributed by atoms with Gasteiger partial charge in [-0.25, -0.2) is 4.79 Å². The Morgan fingerprint density at radius 2 is 1.82 bits per heavy atom. The minimum absolute atomic E-state index is 0.0215. The van der Waals surface area contributed by atoms with E-state index in [0.717, 1.165) is 35.0 Å². The van der Waals surface area contributed by atoms with Crippen LogP contribution in [-0.2, 0) is 27.7 Å². The Morgan fingerprint density at radius 1 is 1.13 bits per heavy atom. The van der Waals surface area contributed by atoms with Gasteiger partial charge in [-0.15, -0.1) is 0 Å². The molecule has 1 aromatic carbocycles. The monoisotopic (exact) mass is 538 g/mol. The lowest BCUT2D eigenvalue weighted by Crippen LogP contribution is -2.43. The van der Waals surface area contributed by atoms with Gasteiger partial charge in [-0.05, 0) is 52.5 Å². The average molecular weight is 539 g/mol. The molecule has 0 saturated carbocycles. The summed E-state index contributed by atoms with van der Waals surface area (Å²) >= 11 is 0. The second-order valence-corrected chi connectivity index (χ2v) is 12.0. The first kappa shape index (κ1) is 28.5. The molecule has 39 heavy (non-hydrogen) atoms. The number of Topliss-reactive ketones (excluding diaryl/α,β-unsaturated/α-hetero) is 1. The Kier molecular flexibility index (Phi) is 8.28. The first-order valence-corrected chi connectivity index (χ1v) is 13.8. The van der Waals surface area contributed by atoms with E-state index in [-0.39, 0.29) is 43.0 Å². The van der Waals surface area contributed by atoms with Crippen LogP contribution in [0.15, 0.2) is 36.7 Å². The van der Waals surface area contributed by atoms with Crippen LogP contribution in [0.2, 0.25) is 0 Å². The molecule has 1 N–H and O–H groups in total. The summed E-state index contributed by atoms with van der Waals surface area (Å²) in [6.45, 7) is 12.1. The van der Waals surface area contributed by atoms with E-state index in [1.807, 2.05) is 63.3 Å². The molecule has 1 aliphatic heterocycles. The van der Waals surface area contributed by atoms with Gasteiger partial charge in [-0.1, -0.05) is 32.0 Å². The van der Waals surface area contributed by atoms with Crippen LogP contribution in [0.4, 0.5) is 4.79 Å². The molecule has 9 heteroatoms. The largest absolute Gasteiger partial charge is 0.444 e. The van der Waals surface area contributed by atoms with Crippen LogP contribution in [0.5, 0.6) is 0 Å². The summed E-state index contributed by atoms with van der Waals surface area (Å²) in [7, 11) is 2.04. The molecule has 2 heterocycles. The van der Waals surface area contributed by atoms with Gasteiger partial charge in [-0.3, -0.25) is 9.59 Å². The third kappa shape index (κ3) is 6.23. The topological polar surface area (TPSA) is 93.1 Å². The van der Waals surface area contributed by atoms with Crippen molar-refractivity contribution in [1.82, 2.24) is 19.7 Å². The Bertz CT molecular complexity index is 1260. The number of fused-ring (bicyclic) bond motifs is 3. The molecule has 3 atom stereocenters. The van der Waals surface area contributed by atoms with E-state index in [0.29, 0.717) is 6.54 Å². The number of para-hydroxylation sites is 1. The lowest BCUT2D eigenvalue weighted by Gasteiger charge is -2.33. The van der Waals surface area contributed by atoms with Gasteiger partial charge in [0.05, 0.1) is 5.92 Å². The smallest absolute Gasteiger partial charge is 0.407 e. The van der Waals surface area contributed by atoms with Gasteiger partial charge in [0.15, 0.2) is 12.5 Å². The summed E-state index contributed by atoms with van der Waals surface area (Å²) in [6, 6.07) is 8.10.